The van der Waals surface area contributed by atoms with Crippen LogP contribution < -0.4 is 11.1 Å². The van der Waals surface area contributed by atoms with Crippen LogP contribution in [0.5, 0.6) is 0 Å². The molecule has 0 aliphatic heterocycles. The molecule has 0 aromatic heterocycles. The lowest BCUT2D eigenvalue weighted by Crippen LogP contribution is -2.46. The van der Waals surface area contributed by atoms with Crippen LogP contribution >= 0.6 is 0 Å². The van der Waals surface area contributed by atoms with Gasteiger partial charge in [0.15, 0.2) is 0 Å². The van der Waals surface area contributed by atoms with E-state index in [4.69, 9.17) is 19.0 Å². The summed E-state index contributed by atoms with van der Waals surface area (Å²) in [6, 6.07) is 0.245. The largest absolute Gasteiger partial charge is 0.500 e. The van der Waals surface area contributed by atoms with E-state index in [1.807, 2.05) is 27.7 Å². The third-order valence-corrected chi connectivity index (χ3v) is 5.61. The molecule has 0 saturated carbocycles. The van der Waals surface area contributed by atoms with Gasteiger partial charge in [-0.1, -0.05) is 6.92 Å². The van der Waals surface area contributed by atoms with Gasteiger partial charge in [0.05, 0.1) is 6.54 Å². The summed E-state index contributed by atoms with van der Waals surface area (Å²) in [4.78, 5) is 23.3. The lowest BCUT2D eigenvalue weighted by Gasteiger charge is -2.28. The van der Waals surface area contributed by atoms with Crippen molar-refractivity contribution in [2.24, 2.45) is 10.7 Å². The van der Waals surface area contributed by atoms with E-state index in [9.17, 15) is 9.59 Å². The number of primary amides is 1. The molecular formula is C14H31N3O5Si. The van der Waals surface area contributed by atoms with Crippen LogP contribution in [0, 0.1) is 0 Å². The summed E-state index contributed by atoms with van der Waals surface area (Å²) in [5.74, 6) is 0. The first-order valence-corrected chi connectivity index (χ1v) is 9.93. The molecule has 0 rings (SSSR count). The van der Waals surface area contributed by atoms with Crippen molar-refractivity contribution >= 4 is 20.9 Å². The predicted molar refractivity (Wildman–Crippen MR) is 90.9 cm³/mol. The monoisotopic (exact) mass is 349 g/mol. The molecule has 0 fully saturated rings. The minimum atomic E-state index is -2.54. The molecular weight excluding hydrogens is 318 g/mol. The third-order valence-electron chi connectivity index (χ3n) is 2.46. The highest BCUT2D eigenvalue weighted by molar-refractivity contribution is 6.60. The van der Waals surface area contributed by atoms with Gasteiger partial charge in [-0.05, 0) is 33.6 Å². The molecule has 0 spiro atoms. The summed E-state index contributed by atoms with van der Waals surface area (Å²) in [5.41, 5.74) is 4.73. The Morgan fingerprint density at radius 2 is 1.65 bits per heavy atom. The predicted octanol–water partition coefficient (Wildman–Crippen LogP) is 1.83. The van der Waals surface area contributed by atoms with Crippen molar-refractivity contribution in [3.63, 3.8) is 0 Å². The fourth-order valence-corrected chi connectivity index (χ4v) is 4.26. The summed E-state index contributed by atoms with van der Waals surface area (Å²) in [6.07, 6.45) is 3.18. The molecule has 0 aliphatic carbocycles. The van der Waals surface area contributed by atoms with Crippen molar-refractivity contribution in [2.75, 3.05) is 32.9 Å². The average Bonchev–Trinajstić information content (AvgIpc) is 2.51. The van der Waals surface area contributed by atoms with Crippen molar-refractivity contribution < 1.29 is 22.9 Å². The van der Waals surface area contributed by atoms with Gasteiger partial charge in [-0.15, -0.1) is 0 Å². The number of carbonyl (C=O) groups is 1. The first-order valence-electron chi connectivity index (χ1n) is 8.00. The van der Waals surface area contributed by atoms with Crippen LogP contribution in [0.3, 0.4) is 0 Å². The third kappa shape index (κ3) is 15.4. The van der Waals surface area contributed by atoms with E-state index in [1.54, 1.807) is 0 Å². The number of carbonyl (C=O) groups excluding carboxylic acids is 2. The van der Waals surface area contributed by atoms with Gasteiger partial charge in [-0.25, -0.2) is 14.6 Å². The molecule has 0 aromatic rings. The van der Waals surface area contributed by atoms with Gasteiger partial charge < -0.3 is 24.3 Å². The SMILES string of the molecule is CCCNC(N)=O.CCO[Si](CCCN=C=O)(OCC)OCC. The smallest absolute Gasteiger partial charge is 0.374 e. The van der Waals surface area contributed by atoms with Gasteiger partial charge in [0.2, 0.25) is 6.08 Å². The maximum Gasteiger partial charge on any atom is 0.500 e. The first kappa shape index (κ1) is 24.0. The van der Waals surface area contributed by atoms with Crippen LogP contribution in [0.15, 0.2) is 4.99 Å². The Hall–Kier alpha value is -1.25. The highest BCUT2D eigenvalue weighted by Crippen LogP contribution is 2.17. The Labute approximate surface area is 140 Å². The number of nitrogens with two attached hydrogens (primary N) is 1. The van der Waals surface area contributed by atoms with E-state index in [2.05, 4.69) is 10.3 Å². The molecule has 136 valence electrons. The van der Waals surface area contributed by atoms with E-state index in [0.29, 0.717) is 39.0 Å². The molecule has 9 heteroatoms. The van der Waals surface area contributed by atoms with Gasteiger partial charge in [0, 0.05) is 32.4 Å². The lowest BCUT2D eigenvalue weighted by atomic mass is 10.5. The number of hydrogen-bond donors (Lipinski definition) is 2. The average molecular weight is 350 g/mol. The van der Waals surface area contributed by atoms with Gasteiger partial charge in [0.25, 0.3) is 0 Å². The van der Waals surface area contributed by atoms with Crippen LogP contribution in [-0.4, -0.2) is 53.8 Å². The molecule has 0 unspecified atom stereocenters. The number of hydrogen-bond acceptors (Lipinski definition) is 6. The minimum absolute atomic E-state index is 0.443. The number of amides is 2. The fourth-order valence-electron chi connectivity index (χ4n) is 1.67. The van der Waals surface area contributed by atoms with E-state index >= 15 is 0 Å². The van der Waals surface area contributed by atoms with Crippen molar-refractivity contribution in [3.05, 3.63) is 0 Å². The van der Waals surface area contributed by atoms with Crippen molar-refractivity contribution in [3.8, 4) is 0 Å². The highest BCUT2D eigenvalue weighted by Gasteiger charge is 2.39. The van der Waals surface area contributed by atoms with Gasteiger partial charge in [-0.2, -0.15) is 0 Å². The summed E-state index contributed by atoms with van der Waals surface area (Å²) in [7, 11) is -2.54. The second kappa shape index (κ2) is 17.1. The number of urea groups is 1. The zero-order chi connectivity index (χ0) is 18.0. The quantitative estimate of drug-likeness (QED) is 0.241. The molecule has 0 radical (unpaired) electrons. The summed E-state index contributed by atoms with van der Waals surface area (Å²) >= 11 is 0. The van der Waals surface area contributed by atoms with Crippen LogP contribution in [0.2, 0.25) is 6.04 Å². The molecule has 0 aliphatic rings. The van der Waals surface area contributed by atoms with Crippen LogP contribution in [0.1, 0.15) is 40.5 Å². The van der Waals surface area contributed by atoms with E-state index in [0.717, 1.165) is 12.8 Å². The van der Waals surface area contributed by atoms with Gasteiger partial charge >= 0.3 is 14.8 Å². The van der Waals surface area contributed by atoms with Crippen LogP contribution in [0.4, 0.5) is 4.79 Å². The van der Waals surface area contributed by atoms with Crippen molar-refractivity contribution in [2.45, 2.75) is 46.6 Å². The van der Waals surface area contributed by atoms with Crippen LogP contribution in [0.25, 0.3) is 0 Å². The zero-order valence-corrected chi connectivity index (χ0v) is 15.7. The number of aliphatic imine (C=N–C) groups is 1. The molecule has 0 heterocycles. The van der Waals surface area contributed by atoms with Gasteiger partial charge in [0.1, 0.15) is 0 Å². The first-order chi connectivity index (χ1) is 11.0. The lowest BCUT2D eigenvalue weighted by molar-refractivity contribution is 0.0710. The summed E-state index contributed by atoms with van der Waals surface area (Å²) in [5, 5.41) is 2.43. The Kier molecular flexibility index (Phi) is 17.9. The second-order valence-electron chi connectivity index (χ2n) is 4.35. The molecule has 0 atom stereocenters. The number of nitrogens with zero attached hydrogens (tertiary/aromatic N) is 1. The molecule has 23 heavy (non-hydrogen) atoms. The normalized spacial score (nSPS) is 10.3. The molecule has 0 saturated heterocycles. The number of nitrogens with one attached hydrogen (secondary N) is 1. The molecule has 3 N–H and O–H groups in total. The van der Waals surface area contributed by atoms with Crippen LogP contribution in [-0.2, 0) is 18.1 Å². The molecule has 0 aromatic carbocycles. The molecule has 0 bridgehead atoms. The Morgan fingerprint density at radius 3 is 1.96 bits per heavy atom. The van der Waals surface area contributed by atoms with Crippen molar-refractivity contribution in [1.82, 2.24) is 5.32 Å². The van der Waals surface area contributed by atoms with Gasteiger partial charge in [-0.3, -0.25) is 0 Å². The number of rotatable bonds is 12. The maximum atomic E-state index is 9.93. The second-order valence-corrected chi connectivity index (χ2v) is 7.08. The standard InChI is InChI=1S/C10H21NO4Si.C4H10N2O/c1-4-13-16(14-5-2,15-6-3)9-7-8-11-10-12;1-2-3-6-4(5)7/h4-9H2,1-3H3;2-3H2,1H3,(H3,5,6,7). The molecule has 2 amide bonds. The Morgan fingerprint density at radius 1 is 1.13 bits per heavy atom. The molecule has 8 nitrogen and oxygen atoms in total. The zero-order valence-electron chi connectivity index (χ0n) is 14.7. The van der Waals surface area contributed by atoms with E-state index in [-0.39, 0.29) is 0 Å². The summed E-state index contributed by atoms with van der Waals surface area (Å²) < 4.78 is 16.9. The Balaban J connectivity index is 0. The maximum absolute atomic E-state index is 9.93. The fraction of sp³-hybridized carbons (Fsp3) is 0.857. The Bertz CT molecular complexity index is 321. The van der Waals surface area contributed by atoms with E-state index < -0.39 is 14.8 Å². The number of isocyanates is 1. The minimum Gasteiger partial charge on any atom is -0.374 e. The topological polar surface area (TPSA) is 112 Å². The van der Waals surface area contributed by atoms with Crippen molar-refractivity contribution in [1.29, 1.82) is 0 Å². The van der Waals surface area contributed by atoms with E-state index in [1.165, 1.54) is 6.08 Å². The highest BCUT2D eigenvalue weighted by atomic mass is 28.4. The summed E-state index contributed by atoms with van der Waals surface area (Å²) in [6.45, 7) is 10.6.